The Morgan fingerprint density at radius 2 is 1.86 bits per heavy atom. The van der Waals surface area contributed by atoms with E-state index in [1.807, 2.05) is 25.1 Å². The van der Waals surface area contributed by atoms with E-state index in [0.29, 0.717) is 5.56 Å². The Balaban J connectivity index is 1.92. The molecule has 0 amide bonds. The predicted octanol–water partition coefficient (Wildman–Crippen LogP) is 2.61. The molecule has 0 heterocycles. The lowest BCUT2D eigenvalue weighted by Gasteiger charge is -2.04. The normalized spacial score (nSPS) is 10.8. The van der Waals surface area contributed by atoms with Crippen molar-refractivity contribution in [1.82, 2.24) is 4.72 Å². The van der Waals surface area contributed by atoms with Gasteiger partial charge in [-0.3, -0.25) is 0 Å². The molecule has 0 saturated carbocycles. The third kappa shape index (κ3) is 5.32. The Morgan fingerprint density at radius 3 is 2.55 bits per heavy atom. The van der Waals surface area contributed by atoms with Crippen molar-refractivity contribution >= 4 is 10.0 Å². The molecular formula is C17H16FNO2S. The molecule has 5 heteroatoms. The minimum Gasteiger partial charge on any atom is -0.212 e. The van der Waals surface area contributed by atoms with Crippen molar-refractivity contribution in [2.75, 3.05) is 6.54 Å². The summed E-state index contributed by atoms with van der Waals surface area (Å²) in [5.41, 5.74) is 2.39. The molecule has 0 aliphatic heterocycles. The molecule has 0 bridgehead atoms. The summed E-state index contributed by atoms with van der Waals surface area (Å²) in [6.45, 7) is 1.93. The van der Waals surface area contributed by atoms with Gasteiger partial charge in [-0.2, -0.15) is 0 Å². The predicted molar refractivity (Wildman–Crippen MR) is 85.1 cm³/mol. The number of hydrogen-bond donors (Lipinski definition) is 1. The lowest BCUT2D eigenvalue weighted by molar-refractivity contribution is 0.585. The minimum atomic E-state index is -3.43. The fourth-order valence-corrected chi connectivity index (χ4v) is 2.91. The molecule has 22 heavy (non-hydrogen) atoms. The van der Waals surface area contributed by atoms with Crippen LogP contribution >= 0.6 is 0 Å². The fourth-order valence-electron chi connectivity index (χ4n) is 1.90. The summed E-state index contributed by atoms with van der Waals surface area (Å²) >= 11 is 0. The minimum absolute atomic E-state index is 0.0194. The first-order valence-corrected chi connectivity index (χ1v) is 8.37. The lowest BCUT2D eigenvalue weighted by Crippen LogP contribution is -2.25. The van der Waals surface area contributed by atoms with Crippen LogP contribution in [0.25, 0.3) is 0 Å². The molecule has 0 radical (unpaired) electrons. The summed E-state index contributed by atoms with van der Waals surface area (Å²) in [5.74, 6) is 5.08. The second-order valence-corrected chi connectivity index (χ2v) is 6.68. The van der Waals surface area contributed by atoms with Crippen LogP contribution in [0.1, 0.15) is 16.7 Å². The Morgan fingerprint density at radius 1 is 1.14 bits per heavy atom. The zero-order chi connectivity index (χ0) is 16.0. The number of nitrogens with one attached hydrogen (secondary N) is 1. The van der Waals surface area contributed by atoms with Gasteiger partial charge in [0.1, 0.15) is 5.82 Å². The van der Waals surface area contributed by atoms with Gasteiger partial charge in [-0.15, -0.1) is 0 Å². The maximum atomic E-state index is 12.7. The molecule has 2 rings (SSSR count). The van der Waals surface area contributed by atoms with Crippen LogP contribution < -0.4 is 4.72 Å². The van der Waals surface area contributed by atoms with E-state index in [4.69, 9.17) is 0 Å². The molecule has 1 N–H and O–H groups in total. The van der Waals surface area contributed by atoms with Crippen LogP contribution in [-0.2, 0) is 15.8 Å². The molecule has 0 saturated heterocycles. The van der Waals surface area contributed by atoms with Gasteiger partial charge in [-0.05, 0) is 36.8 Å². The highest BCUT2D eigenvalue weighted by molar-refractivity contribution is 7.88. The zero-order valence-electron chi connectivity index (χ0n) is 12.1. The molecule has 114 valence electrons. The highest BCUT2D eigenvalue weighted by Crippen LogP contribution is 2.07. The number of rotatable bonds is 4. The van der Waals surface area contributed by atoms with Crippen LogP contribution in [0, 0.1) is 24.6 Å². The highest BCUT2D eigenvalue weighted by Gasteiger charge is 2.10. The largest absolute Gasteiger partial charge is 0.216 e. The van der Waals surface area contributed by atoms with Gasteiger partial charge < -0.3 is 0 Å². The summed E-state index contributed by atoms with van der Waals surface area (Å²) in [7, 11) is -3.43. The van der Waals surface area contributed by atoms with Crippen molar-refractivity contribution in [2.45, 2.75) is 12.7 Å². The highest BCUT2D eigenvalue weighted by atomic mass is 32.2. The quantitative estimate of drug-likeness (QED) is 0.881. The van der Waals surface area contributed by atoms with Gasteiger partial charge in [0.15, 0.2) is 0 Å². The SMILES string of the molecule is Cc1cccc(CS(=O)(=O)NCC#Cc2ccc(F)cc2)c1. The van der Waals surface area contributed by atoms with Crippen LogP contribution in [0.4, 0.5) is 4.39 Å². The van der Waals surface area contributed by atoms with Crippen molar-refractivity contribution in [3.05, 3.63) is 71.0 Å². The van der Waals surface area contributed by atoms with Crippen LogP contribution in [-0.4, -0.2) is 15.0 Å². The van der Waals surface area contributed by atoms with Crippen molar-refractivity contribution in [3.8, 4) is 11.8 Å². The maximum absolute atomic E-state index is 12.7. The number of aryl methyl sites for hydroxylation is 1. The third-order valence-electron chi connectivity index (χ3n) is 2.90. The second kappa shape index (κ2) is 7.21. The van der Waals surface area contributed by atoms with Gasteiger partial charge in [-0.1, -0.05) is 41.7 Å². The van der Waals surface area contributed by atoms with E-state index in [2.05, 4.69) is 16.6 Å². The smallest absolute Gasteiger partial charge is 0.212 e. The Bertz CT molecular complexity index is 803. The molecule has 0 aliphatic rings. The van der Waals surface area contributed by atoms with Gasteiger partial charge >= 0.3 is 0 Å². The van der Waals surface area contributed by atoms with Gasteiger partial charge in [0.25, 0.3) is 0 Å². The average Bonchev–Trinajstić information content (AvgIpc) is 2.45. The zero-order valence-corrected chi connectivity index (χ0v) is 13.0. The number of benzene rings is 2. The van der Waals surface area contributed by atoms with E-state index in [0.717, 1.165) is 11.1 Å². The molecule has 3 nitrogen and oxygen atoms in total. The molecular weight excluding hydrogens is 301 g/mol. The van der Waals surface area contributed by atoms with Crippen molar-refractivity contribution in [1.29, 1.82) is 0 Å². The average molecular weight is 317 g/mol. The van der Waals surface area contributed by atoms with Crippen LogP contribution in [0.3, 0.4) is 0 Å². The monoisotopic (exact) mass is 317 g/mol. The molecule has 0 spiro atoms. The summed E-state index contributed by atoms with van der Waals surface area (Å²) in [6.07, 6.45) is 0. The second-order valence-electron chi connectivity index (χ2n) is 4.88. The van der Waals surface area contributed by atoms with Crippen molar-refractivity contribution in [3.63, 3.8) is 0 Å². The molecule has 0 aromatic heterocycles. The summed E-state index contributed by atoms with van der Waals surface area (Å²) in [4.78, 5) is 0. The maximum Gasteiger partial charge on any atom is 0.216 e. The van der Waals surface area contributed by atoms with Crippen molar-refractivity contribution < 1.29 is 12.8 Å². The molecule has 2 aromatic carbocycles. The Hall–Kier alpha value is -2.16. The first kappa shape index (κ1) is 16.2. The Kier molecular flexibility index (Phi) is 5.31. The van der Waals surface area contributed by atoms with Gasteiger partial charge in [-0.25, -0.2) is 17.5 Å². The van der Waals surface area contributed by atoms with Gasteiger partial charge in [0, 0.05) is 5.56 Å². The van der Waals surface area contributed by atoms with Gasteiger partial charge in [0.2, 0.25) is 10.0 Å². The number of halogens is 1. The van der Waals surface area contributed by atoms with E-state index in [9.17, 15) is 12.8 Å². The number of hydrogen-bond acceptors (Lipinski definition) is 2. The van der Waals surface area contributed by atoms with E-state index in [-0.39, 0.29) is 18.1 Å². The molecule has 0 aliphatic carbocycles. The topological polar surface area (TPSA) is 46.2 Å². The lowest BCUT2D eigenvalue weighted by atomic mass is 10.2. The van der Waals surface area contributed by atoms with Crippen LogP contribution in [0.2, 0.25) is 0 Å². The van der Waals surface area contributed by atoms with E-state index < -0.39 is 10.0 Å². The van der Waals surface area contributed by atoms with Gasteiger partial charge in [0.05, 0.1) is 12.3 Å². The van der Waals surface area contributed by atoms with Crippen LogP contribution in [0.5, 0.6) is 0 Å². The summed E-state index contributed by atoms with van der Waals surface area (Å²) in [6, 6.07) is 13.1. The standard InChI is InChI=1S/C17H16FNO2S/c1-14-4-2-5-16(12-14)13-22(20,21)19-11-3-6-15-7-9-17(18)10-8-15/h2,4-5,7-10,12,19H,11,13H2,1H3. The van der Waals surface area contributed by atoms with E-state index >= 15 is 0 Å². The van der Waals surface area contributed by atoms with Crippen molar-refractivity contribution in [2.24, 2.45) is 0 Å². The first-order valence-electron chi connectivity index (χ1n) is 6.72. The van der Waals surface area contributed by atoms with E-state index in [1.165, 1.54) is 12.1 Å². The molecule has 0 atom stereocenters. The number of sulfonamides is 1. The summed E-state index contributed by atoms with van der Waals surface area (Å²) < 4.78 is 39.0. The molecule has 2 aromatic rings. The molecule has 0 unspecified atom stereocenters. The fraction of sp³-hybridized carbons (Fsp3) is 0.176. The van der Waals surface area contributed by atoms with Crippen LogP contribution in [0.15, 0.2) is 48.5 Å². The van der Waals surface area contributed by atoms with E-state index in [1.54, 1.807) is 18.2 Å². The molecule has 0 fully saturated rings. The first-order chi connectivity index (χ1) is 10.4. The summed E-state index contributed by atoms with van der Waals surface area (Å²) in [5, 5.41) is 0. The Labute approximate surface area is 130 Å². The third-order valence-corrected chi connectivity index (χ3v) is 4.19.